The number of hydrogen-bond acceptors (Lipinski definition) is 4. The zero-order valence-electron chi connectivity index (χ0n) is 14.8. The second-order valence-electron chi connectivity index (χ2n) is 6.17. The monoisotopic (exact) mass is 346 g/mol. The van der Waals surface area contributed by atoms with Gasteiger partial charge in [-0.2, -0.15) is 0 Å². The summed E-state index contributed by atoms with van der Waals surface area (Å²) in [5.41, 5.74) is 2.90. The normalized spacial score (nSPS) is 15.5. The third kappa shape index (κ3) is 3.06. The van der Waals surface area contributed by atoms with E-state index in [1.807, 2.05) is 19.1 Å². The third-order valence-electron chi connectivity index (χ3n) is 4.18. The molecule has 1 saturated heterocycles. The summed E-state index contributed by atoms with van der Waals surface area (Å²) in [5.74, 6) is 0.295. The highest BCUT2D eigenvalue weighted by Crippen LogP contribution is 2.31. The summed E-state index contributed by atoms with van der Waals surface area (Å²) in [5, 5.41) is 0.205. The summed E-state index contributed by atoms with van der Waals surface area (Å²) in [6.07, 6.45) is 1.64. The highest BCUT2D eigenvalue weighted by Gasteiger charge is 2.35. The molecule has 1 aromatic carbocycles. The molecule has 1 heterocycles. The number of likely N-dealkylation sites (N-methyl/N-ethyl adjacent to an activating group) is 2. The highest BCUT2D eigenvalue weighted by atomic mass is 32.1. The van der Waals surface area contributed by atoms with Crippen molar-refractivity contribution < 1.29 is 14.3 Å². The number of nitrogens with zero attached hydrogens (tertiary/aromatic N) is 2. The molecule has 0 aromatic heterocycles. The zero-order valence-corrected chi connectivity index (χ0v) is 15.7. The lowest BCUT2D eigenvalue weighted by Gasteiger charge is -2.31. The van der Waals surface area contributed by atoms with E-state index >= 15 is 0 Å². The summed E-state index contributed by atoms with van der Waals surface area (Å²) in [6, 6.07) is 3.90. The van der Waals surface area contributed by atoms with Crippen LogP contribution in [0.1, 0.15) is 36.5 Å². The number of ether oxygens (including phenoxy) is 1. The quantitative estimate of drug-likeness (QED) is 0.480. The molecule has 0 saturated carbocycles. The van der Waals surface area contributed by atoms with Gasteiger partial charge in [-0.1, -0.05) is 13.8 Å². The Morgan fingerprint density at radius 2 is 1.67 bits per heavy atom. The van der Waals surface area contributed by atoms with Crippen molar-refractivity contribution in [2.45, 2.75) is 26.7 Å². The van der Waals surface area contributed by atoms with Crippen LogP contribution >= 0.6 is 12.2 Å². The van der Waals surface area contributed by atoms with Crippen LogP contribution in [0.25, 0.3) is 6.08 Å². The van der Waals surface area contributed by atoms with Crippen LogP contribution in [0.5, 0.6) is 5.75 Å². The van der Waals surface area contributed by atoms with E-state index in [0.717, 1.165) is 22.4 Å². The molecule has 1 aliphatic rings. The minimum Gasteiger partial charge on any atom is -0.496 e. The number of carbonyl (C=O) groups excluding carboxylic acids is 2. The van der Waals surface area contributed by atoms with Crippen LogP contribution in [0.3, 0.4) is 0 Å². The fraction of sp³-hybridized carbons (Fsp3) is 0.389. The molecule has 0 N–H and O–H groups in total. The summed E-state index contributed by atoms with van der Waals surface area (Å²) in [4.78, 5) is 27.5. The average Bonchev–Trinajstić information content (AvgIpc) is 2.55. The maximum Gasteiger partial charge on any atom is 0.265 e. The number of rotatable bonds is 3. The fourth-order valence-corrected chi connectivity index (χ4v) is 2.80. The topological polar surface area (TPSA) is 49.9 Å². The summed E-state index contributed by atoms with van der Waals surface area (Å²) in [6.45, 7) is 6.07. The molecule has 128 valence electrons. The number of aryl methyl sites for hydroxylation is 1. The molecule has 0 spiro atoms. The molecule has 6 heteroatoms. The van der Waals surface area contributed by atoms with Crippen molar-refractivity contribution in [2.75, 3.05) is 21.2 Å². The van der Waals surface area contributed by atoms with Gasteiger partial charge in [0, 0.05) is 14.1 Å². The first-order valence-electron chi connectivity index (χ1n) is 7.69. The van der Waals surface area contributed by atoms with Crippen LogP contribution in [0, 0.1) is 6.92 Å². The van der Waals surface area contributed by atoms with Gasteiger partial charge in [0.2, 0.25) is 0 Å². The van der Waals surface area contributed by atoms with E-state index in [1.165, 1.54) is 9.80 Å². The molecule has 0 aliphatic carbocycles. The minimum atomic E-state index is -0.385. The van der Waals surface area contributed by atoms with Crippen LogP contribution in [0.15, 0.2) is 17.7 Å². The molecule has 0 bridgehead atoms. The van der Waals surface area contributed by atoms with E-state index in [4.69, 9.17) is 17.0 Å². The molecule has 5 nitrogen and oxygen atoms in total. The van der Waals surface area contributed by atoms with Gasteiger partial charge >= 0.3 is 0 Å². The highest BCUT2D eigenvalue weighted by molar-refractivity contribution is 7.80. The van der Waals surface area contributed by atoms with E-state index in [2.05, 4.69) is 13.8 Å². The van der Waals surface area contributed by atoms with Crippen LogP contribution in [0.2, 0.25) is 0 Å². The van der Waals surface area contributed by atoms with Crippen molar-refractivity contribution in [3.05, 3.63) is 34.4 Å². The van der Waals surface area contributed by atoms with E-state index in [1.54, 1.807) is 27.3 Å². The molecule has 1 fully saturated rings. The molecule has 1 aliphatic heterocycles. The third-order valence-corrected chi connectivity index (χ3v) is 4.73. The Morgan fingerprint density at radius 1 is 1.12 bits per heavy atom. The van der Waals surface area contributed by atoms with E-state index in [0.29, 0.717) is 0 Å². The van der Waals surface area contributed by atoms with E-state index < -0.39 is 0 Å². The van der Waals surface area contributed by atoms with Gasteiger partial charge in [0.15, 0.2) is 5.11 Å². The Morgan fingerprint density at radius 3 is 2.12 bits per heavy atom. The number of carbonyl (C=O) groups is 2. The number of methoxy groups -OCH3 is 1. The van der Waals surface area contributed by atoms with E-state index in [-0.39, 0.29) is 28.4 Å². The number of amides is 2. The standard InChI is InChI=1S/C18H22N2O3S/c1-10(2)13-8-12(11(3)7-15(13)23-6)9-14-16(21)19(4)18(24)20(5)17(14)22/h7-10H,1-6H3. The largest absolute Gasteiger partial charge is 0.496 e. The predicted molar refractivity (Wildman–Crippen MR) is 97.9 cm³/mol. The fourth-order valence-electron chi connectivity index (χ4n) is 2.63. The first kappa shape index (κ1) is 18.1. The Kier molecular flexibility index (Phi) is 5.08. The van der Waals surface area contributed by atoms with Crippen molar-refractivity contribution >= 4 is 35.2 Å². The lowest BCUT2D eigenvalue weighted by Crippen LogP contribution is -2.52. The predicted octanol–water partition coefficient (Wildman–Crippen LogP) is 2.73. The first-order chi connectivity index (χ1) is 11.2. The Balaban J connectivity index is 2.58. The van der Waals surface area contributed by atoms with Gasteiger partial charge in [0.25, 0.3) is 11.8 Å². The Hall–Kier alpha value is -2.21. The van der Waals surface area contributed by atoms with Crippen molar-refractivity contribution in [3.8, 4) is 5.75 Å². The molecule has 0 radical (unpaired) electrons. The molecule has 0 atom stereocenters. The molecule has 24 heavy (non-hydrogen) atoms. The maximum absolute atomic E-state index is 12.4. The summed E-state index contributed by atoms with van der Waals surface area (Å²) < 4.78 is 5.43. The molecule has 2 rings (SSSR count). The van der Waals surface area contributed by atoms with Crippen molar-refractivity contribution in [2.24, 2.45) is 0 Å². The second-order valence-corrected chi connectivity index (χ2v) is 6.54. The maximum atomic E-state index is 12.4. The van der Waals surface area contributed by atoms with Gasteiger partial charge in [0.05, 0.1) is 7.11 Å². The molecular weight excluding hydrogens is 324 g/mol. The molecule has 2 amide bonds. The van der Waals surface area contributed by atoms with Crippen molar-refractivity contribution in [1.82, 2.24) is 9.80 Å². The van der Waals surface area contributed by atoms with E-state index in [9.17, 15) is 9.59 Å². The van der Waals surface area contributed by atoms with Gasteiger partial charge in [-0.05, 0) is 60.0 Å². The Labute approximate surface area is 147 Å². The van der Waals surface area contributed by atoms with Gasteiger partial charge in [-0.15, -0.1) is 0 Å². The zero-order chi connectivity index (χ0) is 18.2. The lowest BCUT2D eigenvalue weighted by atomic mass is 9.95. The van der Waals surface area contributed by atoms with Crippen LogP contribution in [-0.2, 0) is 9.59 Å². The van der Waals surface area contributed by atoms with Crippen molar-refractivity contribution in [3.63, 3.8) is 0 Å². The summed E-state index contributed by atoms with van der Waals surface area (Å²) in [7, 11) is 4.78. The average molecular weight is 346 g/mol. The van der Waals surface area contributed by atoms with Gasteiger partial charge in [-0.25, -0.2) is 0 Å². The molecular formula is C18H22N2O3S. The summed E-state index contributed by atoms with van der Waals surface area (Å²) >= 11 is 5.10. The van der Waals surface area contributed by atoms with Gasteiger partial charge in [0.1, 0.15) is 11.3 Å². The van der Waals surface area contributed by atoms with Gasteiger partial charge in [-0.3, -0.25) is 19.4 Å². The second kappa shape index (κ2) is 6.73. The number of hydrogen-bond donors (Lipinski definition) is 0. The first-order valence-corrected chi connectivity index (χ1v) is 8.10. The number of thiocarbonyl (C=S) groups is 1. The molecule has 1 aromatic rings. The molecule has 0 unspecified atom stereocenters. The smallest absolute Gasteiger partial charge is 0.265 e. The van der Waals surface area contributed by atoms with Gasteiger partial charge < -0.3 is 4.74 Å². The van der Waals surface area contributed by atoms with Crippen LogP contribution < -0.4 is 4.74 Å². The van der Waals surface area contributed by atoms with Crippen molar-refractivity contribution in [1.29, 1.82) is 0 Å². The van der Waals surface area contributed by atoms with Crippen LogP contribution in [0.4, 0.5) is 0 Å². The number of benzene rings is 1. The Bertz CT molecular complexity index is 727. The minimum absolute atomic E-state index is 0.108. The van der Waals surface area contributed by atoms with Crippen LogP contribution in [-0.4, -0.2) is 47.9 Å². The lowest BCUT2D eigenvalue weighted by molar-refractivity contribution is -0.132. The SMILES string of the molecule is COc1cc(C)c(C=C2C(=O)N(C)C(=S)N(C)C2=O)cc1C(C)C.